The number of nitrogens with zero attached hydrogens (tertiary/aromatic N) is 2. The fraction of sp³-hybridized carbons (Fsp3) is 0.636. The van der Waals surface area contributed by atoms with Crippen LogP contribution in [-0.4, -0.2) is 28.6 Å². The van der Waals surface area contributed by atoms with E-state index in [2.05, 4.69) is 9.88 Å². The van der Waals surface area contributed by atoms with Crippen LogP contribution in [0.4, 0.5) is 5.13 Å². The van der Waals surface area contributed by atoms with Gasteiger partial charge >= 0.3 is 5.97 Å². The molecular weight excluding hydrogens is 224 g/mol. The molecule has 0 bridgehead atoms. The van der Waals surface area contributed by atoms with Gasteiger partial charge in [-0.05, 0) is 19.8 Å². The van der Waals surface area contributed by atoms with Crippen molar-refractivity contribution in [2.45, 2.75) is 32.2 Å². The van der Waals surface area contributed by atoms with Crippen LogP contribution in [0.15, 0.2) is 11.6 Å². The highest BCUT2D eigenvalue weighted by molar-refractivity contribution is 7.13. The molecule has 0 unspecified atom stereocenters. The molecule has 0 aliphatic carbocycles. The van der Waals surface area contributed by atoms with E-state index >= 15 is 0 Å². The standard InChI is InChI=1S/C11H16N2O2S/c1-8-9(10(14)15)4-2-3-6-13(8)11-12-5-7-16-11/h5,7-9H,2-4,6H2,1H3,(H,14,15)/t8-,9+/m1/s1. The zero-order chi connectivity index (χ0) is 11.5. The van der Waals surface area contributed by atoms with Crippen LogP contribution in [0.25, 0.3) is 0 Å². The van der Waals surface area contributed by atoms with Crippen molar-refractivity contribution in [1.29, 1.82) is 0 Å². The van der Waals surface area contributed by atoms with Crippen LogP contribution in [0, 0.1) is 5.92 Å². The van der Waals surface area contributed by atoms with Gasteiger partial charge in [-0.25, -0.2) is 4.98 Å². The number of rotatable bonds is 2. The Hall–Kier alpha value is -1.10. The largest absolute Gasteiger partial charge is 0.481 e. The third-order valence-corrected chi connectivity index (χ3v) is 4.03. The number of hydrogen-bond acceptors (Lipinski definition) is 4. The minimum atomic E-state index is -0.684. The summed E-state index contributed by atoms with van der Waals surface area (Å²) < 4.78 is 0. The van der Waals surface area contributed by atoms with Gasteiger partial charge in [0.15, 0.2) is 5.13 Å². The molecule has 1 aliphatic rings. The lowest BCUT2D eigenvalue weighted by Gasteiger charge is -2.29. The van der Waals surface area contributed by atoms with E-state index in [4.69, 9.17) is 0 Å². The van der Waals surface area contributed by atoms with Crippen molar-refractivity contribution < 1.29 is 9.90 Å². The number of hydrogen-bond donors (Lipinski definition) is 1. The van der Waals surface area contributed by atoms with Crippen LogP contribution >= 0.6 is 11.3 Å². The molecule has 1 N–H and O–H groups in total. The number of anilines is 1. The Morgan fingerprint density at radius 3 is 3.06 bits per heavy atom. The number of thiazole rings is 1. The maximum Gasteiger partial charge on any atom is 0.308 e. The van der Waals surface area contributed by atoms with Crippen molar-refractivity contribution in [2.24, 2.45) is 5.92 Å². The molecular formula is C11H16N2O2S. The summed E-state index contributed by atoms with van der Waals surface area (Å²) in [5, 5.41) is 12.1. The molecule has 0 radical (unpaired) electrons. The monoisotopic (exact) mass is 240 g/mol. The maximum absolute atomic E-state index is 11.2. The molecule has 16 heavy (non-hydrogen) atoms. The van der Waals surface area contributed by atoms with Gasteiger partial charge in [0.1, 0.15) is 0 Å². The number of carbonyl (C=O) groups is 1. The fourth-order valence-corrected chi connectivity index (χ4v) is 3.02. The lowest BCUT2D eigenvalue weighted by molar-refractivity contribution is -0.142. The Labute approximate surface area is 98.9 Å². The summed E-state index contributed by atoms with van der Waals surface area (Å²) in [6, 6.07) is 0.0335. The summed E-state index contributed by atoms with van der Waals surface area (Å²) >= 11 is 1.58. The molecule has 0 spiro atoms. The first-order valence-electron chi connectivity index (χ1n) is 5.59. The van der Waals surface area contributed by atoms with Crippen molar-refractivity contribution in [3.63, 3.8) is 0 Å². The zero-order valence-electron chi connectivity index (χ0n) is 9.30. The van der Waals surface area contributed by atoms with E-state index in [1.54, 1.807) is 17.5 Å². The van der Waals surface area contributed by atoms with Crippen LogP contribution in [0.5, 0.6) is 0 Å². The summed E-state index contributed by atoms with van der Waals surface area (Å²) in [5.74, 6) is -0.956. The molecule has 2 rings (SSSR count). The number of carboxylic acids is 1. The molecule has 88 valence electrons. The highest BCUT2D eigenvalue weighted by Crippen LogP contribution is 2.29. The van der Waals surface area contributed by atoms with E-state index in [-0.39, 0.29) is 12.0 Å². The average Bonchev–Trinajstić information content (AvgIpc) is 2.69. The Morgan fingerprint density at radius 1 is 1.62 bits per heavy atom. The van der Waals surface area contributed by atoms with Crippen molar-refractivity contribution in [3.05, 3.63) is 11.6 Å². The van der Waals surface area contributed by atoms with Gasteiger partial charge in [0, 0.05) is 24.2 Å². The first-order valence-corrected chi connectivity index (χ1v) is 6.47. The third-order valence-electron chi connectivity index (χ3n) is 3.22. The maximum atomic E-state index is 11.2. The molecule has 1 aliphatic heterocycles. The lowest BCUT2D eigenvalue weighted by Crippen LogP contribution is -2.40. The summed E-state index contributed by atoms with van der Waals surface area (Å²) in [7, 11) is 0. The molecule has 1 aromatic heterocycles. The summed E-state index contributed by atoms with van der Waals surface area (Å²) in [5.41, 5.74) is 0. The lowest BCUT2D eigenvalue weighted by atomic mass is 9.96. The number of carboxylic acid groups (broad SMARTS) is 1. The fourth-order valence-electron chi connectivity index (χ4n) is 2.27. The van der Waals surface area contributed by atoms with Crippen LogP contribution in [0.1, 0.15) is 26.2 Å². The van der Waals surface area contributed by atoms with Gasteiger partial charge in [0.25, 0.3) is 0 Å². The molecule has 1 fully saturated rings. The van der Waals surface area contributed by atoms with E-state index in [1.807, 2.05) is 12.3 Å². The quantitative estimate of drug-likeness (QED) is 0.861. The summed E-state index contributed by atoms with van der Waals surface area (Å²) in [6.07, 6.45) is 4.59. The van der Waals surface area contributed by atoms with E-state index in [0.717, 1.165) is 30.9 Å². The average molecular weight is 240 g/mol. The molecule has 5 heteroatoms. The highest BCUT2D eigenvalue weighted by atomic mass is 32.1. The summed E-state index contributed by atoms with van der Waals surface area (Å²) in [4.78, 5) is 17.6. The molecule has 2 heterocycles. The van der Waals surface area contributed by atoms with Gasteiger partial charge in [0.2, 0.25) is 0 Å². The minimum Gasteiger partial charge on any atom is -0.481 e. The van der Waals surface area contributed by atoms with E-state index < -0.39 is 5.97 Å². The summed E-state index contributed by atoms with van der Waals surface area (Å²) in [6.45, 7) is 2.91. The Balaban J connectivity index is 2.20. The number of aromatic nitrogens is 1. The Morgan fingerprint density at radius 2 is 2.44 bits per heavy atom. The van der Waals surface area contributed by atoms with Crippen molar-refractivity contribution in [2.75, 3.05) is 11.4 Å². The van der Waals surface area contributed by atoms with E-state index in [1.165, 1.54) is 0 Å². The van der Waals surface area contributed by atoms with Crippen LogP contribution in [0.3, 0.4) is 0 Å². The molecule has 0 aromatic carbocycles. The molecule has 0 saturated carbocycles. The van der Waals surface area contributed by atoms with Gasteiger partial charge in [-0.1, -0.05) is 6.42 Å². The van der Waals surface area contributed by atoms with Crippen molar-refractivity contribution >= 4 is 22.4 Å². The van der Waals surface area contributed by atoms with Crippen LogP contribution < -0.4 is 4.90 Å². The second kappa shape index (κ2) is 4.82. The molecule has 1 aromatic rings. The Bertz CT molecular complexity index is 353. The number of aliphatic carboxylic acids is 1. The van der Waals surface area contributed by atoms with Gasteiger partial charge in [0.05, 0.1) is 5.92 Å². The van der Waals surface area contributed by atoms with Crippen LogP contribution in [0.2, 0.25) is 0 Å². The van der Waals surface area contributed by atoms with E-state index in [9.17, 15) is 9.90 Å². The Kier molecular flexibility index (Phi) is 3.43. The van der Waals surface area contributed by atoms with Gasteiger partial charge in [-0.3, -0.25) is 4.79 Å². The van der Waals surface area contributed by atoms with Gasteiger partial charge in [-0.2, -0.15) is 0 Å². The first kappa shape index (κ1) is 11.4. The van der Waals surface area contributed by atoms with Crippen molar-refractivity contribution in [3.8, 4) is 0 Å². The zero-order valence-corrected chi connectivity index (χ0v) is 10.1. The highest BCUT2D eigenvalue weighted by Gasteiger charge is 2.32. The predicted octanol–water partition coefficient (Wildman–Crippen LogP) is 2.22. The van der Waals surface area contributed by atoms with E-state index in [0.29, 0.717) is 0 Å². The third kappa shape index (κ3) is 2.19. The van der Waals surface area contributed by atoms with Crippen LogP contribution in [-0.2, 0) is 4.79 Å². The normalized spacial score (nSPS) is 26.4. The molecule has 2 atom stereocenters. The smallest absolute Gasteiger partial charge is 0.308 e. The van der Waals surface area contributed by atoms with Gasteiger partial charge < -0.3 is 10.0 Å². The molecule has 1 saturated heterocycles. The topological polar surface area (TPSA) is 53.4 Å². The second-order valence-corrected chi connectivity index (χ2v) is 5.06. The molecule has 0 amide bonds. The molecule has 4 nitrogen and oxygen atoms in total. The SMILES string of the molecule is C[C@@H]1[C@@H](C(=O)O)CCCCN1c1nccs1. The van der Waals surface area contributed by atoms with Crippen molar-refractivity contribution in [1.82, 2.24) is 4.98 Å². The second-order valence-electron chi connectivity index (χ2n) is 4.19. The van der Waals surface area contributed by atoms with Gasteiger partial charge in [-0.15, -0.1) is 11.3 Å². The first-order chi connectivity index (χ1) is 7.70. The predicted molar refractivity (Wildman–Crippen MR) is 63.9 cm³/mol. The minimum absolute atomic E-state index is 0.0335.